The molecular formula is C13H20O4. The summed E-state index contributed by atoms with van der Waals surface area (Å²) >= 11 is 0. The fourth-order valence-electron chi connectivity index (χ4n) is 1.45. The third-order valence-electron chi connectivity index (χ3n) is 3.22. The van der Waals surface area contributed by atoms with Crippen molar-refractivity contribution in [1.82, 2.24) is 0 Å². The Hall–Kier alpha value is -1.29. The van der Waals surface area contributed by atoms with Crippen LogP contribution in [-0.4, -0.2) is 16.2 Å². The molecular weight excluding hydrogens is 220 g/mol. The highest BCUT2D eigenvalue weighted by molar-refractivity contribution is 5.84. The quantitative estimate of drug-likeness (QED) is 0.848. The SMILES string of the molecule is CC(CC(O)c1ccc(C(=O)O)o1)C(C)(C)C. The van der Waals surface area contributed by atoms with E-state index in [0.717, 1.165) is 0 Å². The van der Waals surface area contributed by atoms with Gasteiger partial charge in [0.25, 0.3) is 0 Å². The minimum atomic E-state index is -1.12. The van der Waals surface area contributed by atoms with Crippen molar-refractivity contribution in [2.24, 2.45) is 11.3 Å². The maximum absolute atomic E-state index is 10.6. The number of aromatic carboxylic acids is 1. The van der Waals surface area contributed by atoms with Gasteiger partial charge in [-0.25, -0.2) is 4.79 Å². The molecule has 0 spiro atoms. The Morgan fingerprint density at radius 3 is 2.41 bits per heavy atom. The summed E-state index contributed by atoms with van der Waals surface area (Å²) in [6, 6.07) is 2.88. The lowest BCUT2D eigenvalue weighted by atomic mass is 9.79. The van der Waals surface area contributed by atoms with Gasteiger partial charge in [-0.15, -0.1) is 0 Å². The van der Waals surface area contributed by atoms with Gasteiger partial charge < -0.3 is 14.6 Å². The second kappa shape index (κ2) is 4.92. The van der Waals surface area contributed by atoms with E-state index in [-0.39, 0.29) is 11.2 Å². The Bertz CT molecular complexity index is 386. The molecule has 1 rings (SSSR count). The maximum Gasteiger partial charge on any atom is 0.371 e. The molecule has 0 aliphatic carbocycles. The molecule has 0 fully saturated rings. The van der Waals surface area contributed by atoms with E-state index in [1.54, 1.807) is 0 Å². The van der Waals surface area contributed by atoms with E-state index in [2.05, 4.69) is 27.7 Å². The van der Waals surface area contributed by atoms with Crippen LogP contribution in [0.25, 0.3) is 0 Å². The Labute approximate surface area is 101 Å². The van der Waals surface area contributed by atoms with Crippen LogP contribution in [0.4, 0.5) is 0 Å². The molecule has 0 amide bonds. The molecule has 1 heterocycles. The van der Waals surface area contributed by atoms with Crippen LogP contribution in [0, 0.1) is 11.3 Å². The van der Waals surface area contributed by atoms with E-state index in [9.17, 15) is 9.90 Å². The Kier molecular flexibility index (Phi) is 3.98. The van der Waals surface area contributed by atoms with Gasteiger partial charge in [-0.05, 0) is 29.9 Å². The minimum absolute atomic E-state index is 0.100. The third-order valence-corrected chi connectivity index (χ3v) is 3.22. The topological polar surface area (TPSA) is 70.7 Å². The summed E-state index contributed by atoms with van der Waals surface area (Å²) in [5.41, 5.74) is 0.100. The zero-order valence-electron chi connectivity index (χ0n) is 10.7. The van der Waals surface area contributed by atoms with Crippen LogP contribution in [-0.2, 0) is 0 Å². The molecule has 0 aliphatic heterocycles. The molecule has 0 aromatic carbocycles. The number of hydrogen-bond donors (Lipinski definition) is 2. The van der Waals surface area contributed by atoms with Gasteiger partial charge in [-0.3, -0.25) is 0 Å². The number of aliphatic hydroxyl groups is 1. The number of carboxylic acids is 1. The van der Waals surface area contributed by atoms with Crippen molar-refractivity contribution in [1.29, 1.82) is 0 Å². The van der Waals surface area contributed by atoms with Crippen molar-refractivity contribution >= 4 is 5.97 Å². The molecule has 2 N–H and O–H groups in total. The summed E-state index contributed by atoms with van der Waals surface area (Å²) < 4.78 is 5.07. The molecule has 2 atom stereocenters. The number of aliphatic hydroxyl groups excluding tert-OH is 1. The minimum Gasteiger partial charge on any atom is -0.475 e. The van der Waals surface area contributed by atoms with Gasteiger partial charge in [0.15, 0.2) is 0 Å². The van der Waals surface area contributed by atoms with Crippen molar-refractivity contribution in [2.75, 3.05) is 0 Å². The maximum atomic E-state index is 10.6. The molecule has 17 heavy (non-hydrogen) atoms. The van der Waals surface area contributed by atoms with Crippen molar-refractivity contribution in [2.45, 2.75) is 40.2 Å². The fraction of sp³-hybridized carbons (Fsp3) is 0.615. The molecule has 4 heteroatoms. The summed E-state index contributed by atoms with van der Waals surface area (Å²) in [7, 11) is 0. The van der Waals surface area contributed by atoms with Gasteiger partial charge in [0.05, 0.1) is 0 Å². The third kappa shape index (κ3) is 3.60. The van der Waals surface area contributed by atoms with Gasteiger partial charge >= 0.3 is 5.97 Å². The number of carboxylic acid groups (broad SMARTS) is 1. The number of carbonyl (C=O) groups is 1. The van der Waals surface area contributed by atoms with E-state index >= 15 is 0 Å². The first-order valence-electron chi connectivity index (χ1n) is 5.73. The smallest absolute Gasteiger partial charge is 0.371 e. The van der Waals surface area contributed by atoms with Gasteiger partial charge in [0, 0.05) is 0 Å². The monoisotopic (exact) mass is 240 g/mol. The van der Waals surface area contributed by atoms with Gasteiger partial charge in [0.1, 0.15) is 11.9 Å². The molecule has 0 saturated carbocycles. The Balaban J connectivity index is 2.70. The molecule has 1 aromatic heterocycles. The number of hydrogen-bond acceptors (Lipinski definition) is 3. The second-order valence-electron chi connectivity index (χ2n) is 5.53. The van der Waals surface area contributed by atoms with Gasteiger partial charge in [-0.2, -0.15) is 0 Å². The fourth-order valence-corrected chi connectivity index (χ4v) is 1.45. The molecule has 2 unspecified atom stereocenters. The van der Waals surface area contributed by atoms with Gasteiger partial charge in [0.2, 0.25) is 5.76 Å². The number of rotatable bonds is 4. The highest BCUT2D eigenvalue weighted by atomic mass is 16.4. The molecule has 0 radical (unpaired) electrons. The lowest BCUT2D eigenvalue weighted by Gasteiger charge is -2.28. The molecule has 0 bridgehead atoms. The molecule has 96 valence electrons. The average molecular weight is 240 g/mol. The molecule has 0 saturated heterocycles. The van der Waals surface area contributed by atoms with Crippen LogP contribution in [0.15, 0.2) is 16.5 Å². The molecule has 1 aromatic rings. The predicted molar refractivity (Wildman–Crippen MR) is 63.9 cm³/mol. The first-order chi connectivity index (χ1) is 7.71. The zero-order valence-corrected chi connectivity index (χ0v) is 10.7. The second-order valence-corrected chi connectivity index (χ2v) is 5.53. The van der Waals surface area contributed by atoms with E-state index in [1.165, 1.54) is 12.1 Å². The van der Waals surface area contributed by atoms with Crippen molar-refractivity contribution in [3.8, 4) is 0 Å². The summed E-state index contributed by atoms with van der Waals surface area (Å²) in [5.74, 6) is -0.635. The highest BCUT2D eigenvalue weighted by Gasteiger charge is 2.25. The van der Waals surface area contributed by atoms with E-state index < -0.39 is 12.1 Å². The first kappa shape index (κ1) is 13.8. The lowest BCUT2D eigenvalue weighted by Crippen LogP contribution is -2.19. The summed E-state index contributed by atoms with van der Waals surface area (Å²) in [6.45, 7) is 8.38. The molecule has 4 nitrogen and oxygen atoms in total. The van der Waals surface area contributed by atoms with Crippen molar-refractivity contribution in [3.05, 3.63) is 23.7 Å². The van der Waals surface area contributed by atoms with Crippen LogP contribution in [0.5, 0.6) is 0 Å². The largest absolute Gasteiger partial charge is 0.475 e. The number of furan rings is 1. The summed E-state index contributed by atoms with van der Waals surface area (Å²) in [4.78, 5) is 10.6. The van der Waals surface area contributed by atoms with Crippen LogP contribution < -0.4 is 0 Å². The van der Waals surface area contributed by atoms with Crippen LogP contribution in [0.1, 0.15) is 56.5 Å². The van der Waals surface area contributed by atoms with Crippen molar-refractivity contribution < 1.29 is 19.4 Å². The van der Waals surface area contributed by atoms with E-state index in [0.29, 0.717) is 18.1 Å². The summed E-state index contributed by atoms with van der Waals surface area (Å²) in [5, 5.41) is 18.7. The Morgan fingerprint density at radius 1 is 1.41 bits per heavy atom. The van der Waals surface area contributed by atoms with Crippen LogP contribution >= 0.6 is 0 Å². The zero-order chi connectivity index (χ0) is 13.2. The first-order valence-corrected chi connectivity index (χ1v) is 5.73. The van der Waals surface area contributed by atoms with Crippen molar-refractivity contribution in [3.63, 3.8) is 0 Å². The Morgan fingerprint density at radius 2 is 2.00 bits per heavy atom. The summed E-state index contributed by atoms with van der Waals surface area (Å²) in [6.07, 6.45) is -0.201. The van der Waals surface area contributed by atoms with E-state index in [1.807, 2.05) is 0 Å². The van der Waals surface area contributed by atoms with Crippen LogP contribution in [0.3, 0.4) is 0 Å². The highest BCUT2D eigenvalue weighted by Crippen LogP contribution is 2.33. The van der Waals surface area contributed by atoms with Crippen LogP contribution in [0.2, 0.25) is 0 Å². The molecule has 0 aliphatic rings. The standard InChI is InChI=1S/C13H20O4/c1-8(13(2,3)4)7-9(14)10-5-6-11(17-10)12(15)16/h5-6,8-9,14H,7H2,1-4H3,(H,15,16). The predicted octanol–water partition coefficient (Wildman–Crippen LogP) is 3.08. The average Bonchev–Trinajstić information content (AvgIpc) is 2.64. The van der Waals surface area contributed by atoms with E-state index in [4.69, 9.17) is 9.52 Å². The lowest BCUT2D eigenvalue weighted by molar-refractivity contribution is 0.0635. The van der Waals surface area contributed by atoms with Gasteiger partial charge in [-0.1, -0.05) is 27.7 Å². The normalized spacial score (nSPS) is 15.6.